The van der Waals surface area contributed by atoms with Gasteiger partial charge in [-0.3, -0.25) is 14.4 Å². The Bertz CT molecular complexity index is 418. The highest BCUT2D eigenvalue weighted by molar-refractivity contribution is 9.10. The van der Waals surface area contributed by atoms with Gasteiger partial charge in [-0.25, -0.2) is 0 Å². The average Bonchev–Trinajstić information content (AvgIpc) is 2.65. The molecule has 0 saturated heterocycles. The van der Waals surface area contributed by atoms with Gasteiger partial charge in [-0.15, -0.1) is 0 Å². The van der Waals surface area contributed by atoms with Gasteiger partial charge in [0.15, 0.2) is 0 Å². The molecule has 0 amide bonds. The summed E-state index contributed by atoms with van der Waals surface area (Å²) in [6.07, 6.45) is 0. The van der Waals surface area contributed by atoms with Crippen molar-refractivity contribution in [3.63, 3.8) is 0 Å². The molecule has 0 N–H and O–H groups in total. The van der Waals surface area contributed by atoms with E-state index in [1.165, 1.54) is 7.11 Å². The predicted octanol–water partition coefficient (Wildman–Crippen LogP) is 1.97. The van der Waals surface area contributed by atoms with Gasteiger partial charge in [0.25, 0.3) is 0 Å². The Morgan fingerprint density at radius 3 is 2.67 bits per heavy atom. The van der Waals surface area contributed by atoms with Crippen LogP contribution in [0.4, 0.5) is 0 Å². The average molecular weight is 318 g/mol. The van der Waals surface area contributed by atoms with Gasteiger partial charge in [0, 0.05) is 13.1 Å². The highest BCUT2D eigenvalue weighted by atomic mass is 79.9. The third-order valence-corrected chi connectivity index (χ3v) is 3.89. The van der Waals surface area contributed by atoms with Crippen molar-refractivity contribution in [3.05, 3.63) is 15.9 Å². The van der Waals surface area contributed by atoms with Crippen molar-refractivity contribution in [2.45, 2.75) is 33.9 Å². The predicted molar refractivity (Wildman–Crippen MR) is 73.3 cm³/mol. The van der Waals surface area contributed by atoms with E-state index >= 15 is 0 Å². The smallest absolute Gasteiger partial charge is 0.319 e. The van der Waals surface area contributed by atoms with Crippen LogP contribution in [0, 0.1) is 6.92 Å². The molecule has 18 heavy (non-hydrogen) atoms. The van der Waals surface area contributed by atoms with Crippen LogP contribution in [0.25, 0.3) is 0 Å². The second kappa shape index (κ2) is 6.89. The van der Waals surface area contributed by atoms with Crippen LogP contribution in [0.5, 0.6) is 0 Å². The molecular formula is C12H20BrN3O2. The fourth-order valence-electron chi connectivity index (χ4n) is 1.76. The molecule has 0 atom stereocenters. The van der Waals surface area contributed by atoms with Gasteiger partial charge in [-0.2, -0.15) is 5.10 Å². The van der Waals surface area contributed by atoms with Gasteiger partial charge >= 0.3 is 5.97 Å². The van der Waals surface area contributed by atoms with Crippen LogP contribution in [0.3, 0.4) is 0 Å². The van der Waals surface area contributed by atoms with Crippen LogP contribution in [0.1, 0.15) is 25.2 Å². The molecule has 0 aromatic carbocycles. The molecule has 0 fully saturated rings. The number of hydrogen-bond donors (Lipinski definition) is 0. The van der Waals surface area contributed by atoms with E-state index in [1.54, 1.807) is 0 Å². The Kier molecular flexibility index (Phi) is 5.81. The number of carbonyl (C=O) groups is 1. The van der Waals surface area contributed by atoms with Gasteiger partial charge in [0.05, 0.1) is 29.5 Å². The minimum atomic E-state index is -0.216. The van der Waals surface area contributed by atoms with E-state index < -0.39 is 0 Å². The second-order valence-electron chi connectivity index (χ2n) is 4.04. The van der Waals surface area contributed by atoms with Crippen LogP contribution in [0.2, 0.25) is 0 Å². The fraction of sp³-hybridized carbons (Fsp3) is 0.667. The number of ether oxygens (including phenoxy) is 1. The molecule has 1 rings (SSSR count). The maximum atomic E-state index is 11.3. The lowest BCUT2D eigenvalue weighted by Crippen LogP contribution is -2.31. The van der Waals surface area contributed by atoms with Gasteiger partial charge < -0.3 is 4.74 Å². The Morgan fingerprint density at radius 1 is 1.50 bits per heavy atom. The minimum absolute atomic E-state index is 0.216. The summed E-state index contributed by atoms with van der Waals surface area (Å²) in [6.45, 7) is 8.63. The third kappa shape index (κ3) is 3.55. The van der Waals surface area contributed by atoms with E-state index in [1.807, 2.05) is 23.4 Å². The molecule has 0 spiro atoms. The lowest BCUT2D eigenvalue weighted by molar-refractivity contribution is -0.142. The van der Waals surface area contributed by atoms with Crippen molar-refractivity contribution >= 4 is 21.9 Å². The van der Waals surface area contributed by atoms with E-state index in [0.29, 0.717) is 13.1 Å². The largest absolute Gasteiger partial charge is 0.468 e. The molecule has 1 aromatic rings. The number of halogens is 1. The summed E-state index contributed by atoms with van der Waals surface area (Å²) >= 11 is 3.56. The van der Waals surface area contributed by atoms with Crippen molar-refractivity contribution in [2.24, 2.45) is 0 Å². The number of aryl methyl sites for hydroxylation is 2. The van der Waals surface area contributed by atoms with E-state index in [-0.39, 0.29) is 5.97 Å². The van der Waals surface area contributed by atoms with E-state index in [0.717, 1.165) is 29.0 Å². The summed E-state index contributed by atoms with van der Waals surface area (Å²) in [7, 11) is 1.41. The molecule has 5 nitrogen and oxygen atoms in total. The van der Waals surface area contributed by atoms with Crippen LogP contribution < -0.4 is 0 Å². The Morgan fingerprint density at radius 2 is 2.17 bits per heavy atom. The number of rotatable bonds is 6. The first-order chi connectivity index (χ1) is 8.53. The first-order valence-corrected chi connectivity index (χ1v) is 6.83. The van der Waals surface area contributed by atoms with Crippen LogP contribution in [0.15, 0.2) is 4.47 Å². The molecule has 0 radical (unpaired) electrons. The molecule has 102 valence electrons. The van der Waals surface area contributed by atoms with Gasteiger partial charge in [-0.05, 0) is 36.3 Å². The summed E-state index contributed by atoms with van der Waals surface area (Å²) in [5, 5.41) is 4.44. The molecule has 1 aromatic heterocycles. The second-order valence-corrected chi connectivity index (χ2v) is 4.83. The molecule has 0 aliphatic carbocycles. The van der Waals surface area contributed by atoms with Gasteiger partial charge in [0.2, 0.25) is 0 Å². The monoisotopic (exact) mass is 317 g/mol. The van der Waals surface area contributed by atoms with Crippen LogP contribution in [-0.4, -0.2) is 40.8 Å². The number of aromatic nitrogens is 2. The minimum Gasteiger partial charge on any atom is -0.468 e. The topological polar surface area (TPSA) is 47.4 Å². The summed E-state index contributed by atoms with van der Waals surface area (Å²) in [6, 6.07) is 0. The number of nitrogens with zero attached hydrogens (tertiary/aromatic N) is 3. The molecule has 6 heteroatoms. The maximum absolute atomic E-state index is 11.3. The van der Waals surface area contributed by atoms with Crippen molar-refractivity contribution < 1.29 is 9.53 Å². The Hall–Kier alpha value is -0.880. The molecule has 0 unspecified atom stereocenters. The maximum Gasteiger partial charge on any atom is 0.319 e. The fourth-order valence-corrected chi connectivity index (χ4v) is 2.17. The molecule has 0 bridgehead atoms. The van der Waals surface area contributed by atoms with Crippen molar-refractivity contribution in [3.8, 4) is 0 Å². The number of methoxy groups -OCH3 is 1. The van der Waals surface area contributed by atoms with Crippen LogP contribution >= 0.6 is 15.9 Å². The molecular weight excluding hydrogens is 298 g/mol. The molecule has 0 saturated carbocycles. The van der Waals surface area contributed by atoms with Gasteiger partial charge in [0.1, 0.15) is 0 Å². The number of likely N-dealkylation sites (N-methyl/N-ethyl adjacent to an activating group) is 1. The standard InChI is InChI=1S/C12H20BrN3O2/c1-5-15(8-11(17)18-4)7-10-12(13)9(3)14-16(10)6-2/h5-8H2,1-4H3. The molecule has 1 heterocycles. The number of carbonyl (C=O) groups excluding carboxylic acids is 1. The first kappa shape index (κ1) is 15.2. The van der Waals surface area contributed by atoms with Crippen molar-refractivity contribution in [1.82, 2.24) is 14.7 Å². The Labute approximate surface area is 116 Å². The molecule has 0 aliphatic heterocycles. The highest BCUT2D eigenvalue weighted by Gasteiger charge is 2.16. The summed E-state index contributed by atoms with van der Waals surface area (Å²) in [5.41, 5.74) is 2.07. The van der Waals surface area contributed by atoms with E-state index in [2.05, 4.69) is 28.0 Å². The molecule has 0 aliphatic rings. The van der Waals surface area contributed by atoms with Gasteiger partial charge in [-0.1, -0.05) is 6.92 Å². The number of hydrogen-bond acceptors (Lipinski definition) is 4. The third-order valence-electron chi connectivity index (χ3n) is 2.85. The Balaban J connectivity index is 2.84. The van der Waals surface area contributed by atoms with E-state index in [4.69, 9.17) is 4.74 Å². The quantitative estimate of drug-likeness (QED) is 0.753. The highest BCUT2D eigenvalue weighted by Crippen LogP contribution is 2.22. The number of esters is 1. The summed E-state index contributed by atoms with van der Waals surface area (Å²) in [5.74, 6) is -0.216. The summed E-state index contributed by atoms with van der Waals surface area (Å²) < 4.78 is 7.68. The zero-order chi connectivity index (χ0) is 13.7. The first-order valence-electron chi connectivity index (χ1n) is 6.04. The normalized spacial score (nSPS) is 11.0. The zero-order valence-corrected chi connectivity index (χ0v) is 13.0. The van der Waals surface area contributed by atoms with Crippen molar-refractivity contribution in [1.29, 1.82) is 0 Å². The summed E-state index contributed by atoms with van der Waals surface area (Å²) in [4.78, 5) is 13.3. The lowest BCUT2D eigenvalue weighted by atomic mass is 10.3. The van der Waals surface area contributed by atoms with Crippen molar-refractivity contribution in [2.75, 3.05) is 20.2 Å². The SMILES string of the molecule is CCN(CC(=O)OC)Cc1c(Br)c(C)nn1CC. The van der Waals surface area contributed by atoms with Crippen LogP contribution in [-0.2, 0) is 22.6 Å². The zero-order valence-electron chi connectivity index (χ0n) is 11.4. The van der Waals surface area contributed by atoms with E-state index in [9.17, 15) is 4.79 Å². The lowest BCUT2D eigenvalue weighted by Gasteiger charge is -2.19.